The van der Waals surface area contributed by atoms with Crippen molar-refractivity contribution in [3.05, 3.63) is 54.6 Å². The number of furan rings is 1. The third kappa shape index (κ3) is 3.42. The van der Waals surface area contributed by atoms with E-state index < -0.39 is 7.92 Å². The summed E-state index contributed by atoms with van der Waals surface area (Å²) in [5.41, 5.74) is 2.30. The maximum Gasteiger partial charge on any atom is 0.134 e. The Labute approximate surface area is 146 Å². The van der Waals surface area contributed by atoms with E-state index in [0.29, 0.717) is 0 Å². The molecule has 1 aromatic heterocycles. The third-order valence-corrected chi connectivity index (χ3v) is 7.55. The molecule has 0 aliphatic rings. The molecule has 2 aromatic carbocycles. The second-order valence-electron chi connectivity index (χ2n) is 8.38. The van der Waals surface area contributed by atoms with Crippen molar-refractivity contribution >= 4 is 24.2 Å². The lowest BCUT2D eigenvalue weighted by atomic mass is 10.1. The van der Waals surface area contributed by atoms with E-state index >= 15 is 0 Å². The van der Waals surface area contributed by atoms with Gasteiger partial charge in [-0.2, -0.15) is 0 Å². The first-order valence-corrected chi connectivity index (χ1v) is 9.90. The Hall–Kier alpha value is -1.59. The maximum atomic E-state index is 6.36. The van der Waals surface area contributed by atoms with Crippen molar-refractivity contribution in [1.82, 2.24) is 0 Å². The molecule has 1 nitrogen and oxygen atoms in total. The van der Waals surface area contributed by atoms with Crippen molar-refractivity contribution in [2.45, 2.75) is 51.9 Å². The SMILES string of the molecule is CC(C)(C)P(c1ccc(-c2ccc3ccccc3c2)o1)C(C)(C)C. The van der Waals surface area contributed by atoms with Crippen LogP contribution < -0.4 is 5.50 Å². The number of fused-ring (bicyclic) bond motifs is 1. The lowest BCUT2D eigenvalue weighted by molar-refractivity contribution is 0.606. The summed E-state index contributed by atoms with van der Waals surface area (Å²) in [6.07, 6.45) is 0. The fourth-order valence-electron chi connectivity index (χ4n) is 3.61. The first-order chi connectivity index (χ1) is 11.2. The number of rotatable bonds is 2. The van der Waals surface area contributed by atoms with Crippen LogP contribution >= 0.6 is 7.92 Å². The van der Waals surface area contributed by atoms with Gasteiger partial charge in [0.1, 0.15) is 11.3 Å². The zero-order valence-electron chi connectivity index (χ0n) is 15.6. The minimum atomic E-state index is -0.409. The summed E-state index contributed by atoms with van der Waals surface area (Å²) in [6.45, 7) is 13.9. The molecular weight excluding hydrogens is 311 g/mol. The second kappa shape index (κ2) is 6.05. The minimum Gasteiger partial charge on any atom is -0.457 e. The van der Waals surface area contributed by atoms with Crippen molar-refractivity contribution in [2.24, 2.45) is 0 Å². The van der Waals surface area contributed by atoms with Gasteiger partial charge < -0.3 is 4.42 Å². The molecule has 0 bridgehead atoms. The van der Waals surface area contributed by atoms with Gasteiger partial charge in [0, 0.05) is 5.56 Å². The highest BCUT2D eigenvalue weighted by molar-refractivity contribution is 7.68. The molecule has 2 heteroatoms. The van der Waals surface area contributed by atoms with Crippen LogP contribution in [-0.4, -0.2) is 10.3 Å². The fourth-order valence-corrected chi connectivity index (χ4v) is 7.36. The summed E-state index contributed by atoms with van der Waals surface area (Å²) >= 11 is 0. The zero-order chi connectivity index (χ0) is 17.5. The first-order valence-electron chi connectivity index (χ1n) is 8.56. The predicted molar refractivity (Wildman–Crippen MR) is 108 cm³/mol. The molecule has 0 saturated carbocycles. The molecule has 24 heavy (non-hydrogen) atoms. The van der Waals surface area contributed by atoms with E-state index in [0.717, 1.165) is 16.8 Å². The number of hydrogen-bond donors (Lipinski definition) is 0. The van der Waals surface area contributed by atoms with E-state index in [2.05, 4.69) is 96.1 Å². The Morgan fingerprint density at radius 1 is 0.708 bits per heavy atom. The van der Waals surface area contributed by atoms with Crippen LogP contribution in [0.5, 0.6) is 0 Å². The van der Waals surface area contributed by atoms with Crippen LogP contribution in [0.2, 0.25) is 0 Å². The van der Waals surface area contributed by atoms with Gasteiger partial charge in [0.25, 0.3) is 0 Å². The molecule has 0 unspecified atom stereocenters. The Kier molecular flexibility index (Phi) is 4.34. The van der Waals surface area contributed by atoms with Gasteiger partial charge in [-0.3, -0.25) is 0 Å². The van der Waals surface area contributed by atoms with Crippen molar-refractivity contribution < 1.29 is 4.42 Å². The van der Waals surface area contributed by atoms with Crippen molar-refractivity contribution in [3.8, 4) is 11.3 Å². The van der Waals surface area contributed by atoms with Crippen LogP contribution in [0.3, 0.4) is 0 Å². The van der Waals surface area contributed by atoms with Gasteiger partial charge in [-0.15, -0.1) is 0 Å². The van der Waals surface area contributed by atoms with Gasteiger partial charge in [-0.1, -0.05) is 77.9 Å². The van der Waals surface area contributed by atoms with Gasteiger partial charge in [0.15, 0.2) is 0 Å². The average Bonchev–Trinajstić information content (AvgIpc) is 2.92. The monoisotopic (exact) mass is 338 g/mol. The summed E-state index contributed by atoms with van der Waals surface area (Å²) in [4.78, 5) is 0. The molecular formula is C22H27OP. The summed E-state index contributed by atoms with van der Waals surface area (Å²) in [5, 5.41) is 2.94. The molecule has 126 valence electrons. The van der Waals surface area contributed by atoms with E-state index in [1.54, 1.807) is 0 Å². The normalized spacial score (nSPS) is 13.0. The van der Waals surface area contributed by atoms with Gasteiger partial charge in [-0.05, 0) is 47.2 Å². The molecule has 0 N–H and O–H groups in total. The average molecular weight is 338 g/mol. The molecule has 0 radical (unpaired) electrons. The highest BCUT2D eigenvalue weighted by Crippen LogP contribution is 2.58. The zero-order valence-corrected chi connectivity index (χ0v) is 16.4. The largest absolute Gasteiger partial charge is 0.457 e. The summed E-state index contributed by atoms with van der Waals surface area (Å²) in [5.74, 6) is 0.969. The molecule has 3 rings (SSSR count). The van der Waals surface area contributed by atoms with Crippen molar-refractivity contribution in [3.63, 3.8) is 0 Å². The summed E-state index contributed by atoms with van der Waals surface area (Å²) < 4.78 is 6.36. The number of hydrogen-bond acceptors (Lipinski definition) is 1. The molecule has 0 fully saturated rings. The second-order valence-corrected chi connectivity index (χ2v) is 12.2. The van der Waals surface area contributed by atoms with E-state index in [-0.39, 0.29) is 10.3 Å². The van der Waals surface area contributed by atoms with Crippen LogP contribution in [0.1, 0.15) is 41.5 Å². The highest BCUT2D eigenvalue weighted by atomic mass is 31.1. The molecule has 0 amide bonds. The Morgan fingerprint density at radius 3 is 1.96 bits per heavy atom. The maximum absolute atomic E-state index is 6.36. The van der Waals surface area contributed by atoms with E-state index in [1.807, 2.05) is 0 Å². The van der Waals surface area contributed by atoms with Crippen LogP contribution in [0.15, 0.2) is 59.0 Å². The quantitative estimate of drug-likeness (QED) is 0.468. The van der Waals surface area contributed by atoms with E-state index in [9.17, 15) is 0 Å². The van der Waals surface area contributed by atoms with Crippen LogP contribution in [-0.2, 0) is 0 Å². The van der Waals surface area contributed by atoms with Gasteiger partial charge in [0.2, 0.25) is 0 Å². The molecule has 0 aliphatic heterocycles. The standard InChI is InChI=1S/C22H27OP/c1-21(2,3)24(22(4,5)6)20-14-13-19(23-20)18-12-11-16-9-7-8-10-17(16)15-18/h7-15H,1-6H3. The lowest BCUT2D eigenvalue weighted by Gasteiger charge is -2.39. The van der Waals surface area contributed by atoms with Crippen LogP contribution in [0.25, 0.3) is 22.1 Å². The summed E-state index contributed by atoms with van der Waals surface area (Å²) in [6, 6.07) is 19.3. The Balaban J connectivity index is 2.02. The minimum absolute atomic E-state index is 0.214. The molecule has 3 aromatic rings. The first kappa shape index (κ1) is 17.2. The van der Waals surface area contributed by atoms with Crippen LogP contribution in [0.4, 0.5) is 0 Å². The lowest BCUT2D eigenvalue weighted by Crippen LogP contribution is -2.30. The smallest absolute Gasteiger partial charge is 0.134 e. The molecule has 1 heterocycles. The Bertz CT molecular complexity index is 832. The van der Waals surface area contributed by atoms with E-state index in [1.165, 1.54) is 10.8 Å². The molecule has 0 atom stereocenters. The fraction of sp³-hybridized carbons (Fsp3) is 0.364. The predicted octanol–water partition coefficient (Wildman–Crippen LogP) is 6.80. The molecule has 0 aliphatic carbocycles. The van der Waals surface area contributed by atoms with Crippen molar-refractivity contribution in [1.29, 1.82) is 0 Å². The molecule has 0 saturated heterocycles. The van der Waals surface area contributed by atoms with Crippen molar-refractivity contribution in [2.75, 3.05) is 0 Å². The number of benzene rings is 2. The Morgan fingerprint density at radius 2 is 1.33 bits per heavy atom. The molecule has 0 spiro atoms. The van der Waals surface area contributed by atoms with E-state index in [4.69, 9.17) is 4.42 Å². The summed E-state index contributed by atoms with van der Waals surface area (Å²) in [7, 11) is -0.409. The van der Waals surface area contributed by atoms with Gasteiger partial charge in [-0.25, -0.2) is 0 Å². The topological polar surface area (TPSA) is 13.1 Å². The third-order valence-electron chi connectivity index (χ3n) is 4.19. The van der Waals surface area contributed by atoms with Gasteiger partial charge >= 0.3 is 0 Å². The highest BCUT2D eigenvalue weighted by Gasteiger charge is 2.37. The van der Waals surface area contributed by atoms with Gasteiger partial charge in [0.05, 0.1) is 0 Å². The van der Waals surface area contributed by atoms with Crippen LogP contribution in [0, 0.1) is 0 Å².